The molecule has 0 aliphatic heterocycles. The van der Waals surface area contributed by atoms with Crippen LogP contribution in [0.15, 0.2) is 77.9 Å². The zero-order valence-corrected chi connectivity index (χ0v) is 16.3. The number of carbonyl (C=O) groups is 2. The first-order chi connectivity index (χ1) is 13.9. The van der Waals surface area contributed by atoms with Gasteiger partial charge in [0.25, 0.3) is 11.8 Å². The smallest absolute Gasteiger partial charge is 0.271 e. The number of hydrazone groups is 1. The molecule has 0 heterocycles. The van der Waals surface area contributed by atoms with E-state index in [4.69, 9.17) is 11.6 Å². The van der Waals surface area contributed by atoms with E-state index in [9.17, 15) is 14.7 Å². The lowest BCUT2D eigenvalue weighted by molar-refractivity contribution is 0.0954. The minimum absolute atomic E-state index is 0.0875. The number of benzene rings is 3. The van der Waals surface area contributed by atoms with E-state index >= 15 is 0 Å². The van der Waals surface area contributed by atoms with Gasteiger partial charge in [-0.3, -0.25) is 9.59 Å². The lowest BCUT2D eigenvalue weighted by atomic mass is 10.1. The van der Waals surface area contributed by atoms with Crippen LogP contribution in [0, 0.1) is 0 Å². The molecule has 0 saturated heterocycles. The second-order valence-electron chi connectivity index (χ2n) is 6.22. The molecule has 146 valence electrons. The fraction of sp³-hybridized carbons (Fsp3) is 0.0455. The van der Waals surface area contributed by atoms with Crippen molar-refractivity contribution in [1.82, 2.24) is 5.43 Å². The van der Waals surface area contributed by atoms with Crippen LogP contribution >= 0.6 is 11.6 Å². The predicted octanol–water partition coefficient (Wildman–Crippen LogP) is 4.45. The Morgan fingerprint density at radius 1 is 0.793 bits per heavy atom. The van der Waals surface area contributed by atoms with Gasteiger partial charge in [-0.2, -0.15) is 5.10 Å². The zero-order valence-electron chi connectivity index (χ0n) is 15.5. The molecule has 0 unspecified atom stereocenters. The summed E-state index contributed by atoms with van der Waals surface area (Å²) < 4.78 is 0. The van der Waals surface area contributed by atoms with Crippen LogP contribution in [0.3, 0.4) is 0 Å². The maximum Gasteiger partial charge on any atom is 0.271 e. The van der Waals surface area contributed by atoms with Gasteiger partial charge >= 0.3 is 0 Å². The summed E-state index contributed by atoms with van der Waals surface area (Å²) in [6.45, 7) is 1.76. The summed E-state index contributed by atoms with van der Waals surface area (Å²) >= 11 is 5.83. The third kappa shape index (κ3) is 5.43. The predicted molar refractivity (Wildman–Crippen MR) is 114 cm³/mol. The summed E-state index contributed by atoms with van der Waals surface area (Å²) in [5, 5.41) is 16.7. The average molecular weight is 408 g/mol. The summed E-state index contributed by atoms with van der Waals surface area (Å²) in [6, 6.07) is 19.6. The number of phenolic OH excluding ortho intramolecular Hbond substituents is 1. The van der Waals surface area contributed by atoms with Crippen LogP contribution in [0.5, 0.6) is 5.75 Å². The zero-order chi connectivity index (χ0) is 20.8. The van der Waals surface area contributed by atoms with Crippen molar-refractivity contribution in [2.24, 2.45) is 5.10 Å². The molecule has 0 radical (unpaired) electrons. The number of rotatable bonds is 5. The number of hydrogen-bond acceptors (Lipinski definition) is 4. The number of amides is 2. The molecule has 0 aliphatic rings. The Morgan fingerprint density at radius 3 is 1.93 bits per heavy atom. The van der Waals surface area contributed by atoms with Gasteiger partial charge in [0, 0.05) is 21.8 Å². The number of carbonyl (C=O) groups excluding carboxylic acids is 2. The molecule has 2 amide bonds. The first kappa shape index (κ1) is 20.1. The highest BCUT2D eigenvalue weighted by atomic mass is 35.5. The van der Waals surface area contributed by atoms with Crippen LogP contribution in [-0.2, 0) is 0 Å². The van der Waals surface area contributed by atoms with Crippen molar-refractivity contribution >= 4 is 34.8 Å². The Bertz CT molecular complexity index is 1040. The maximum absolute atomic E-state index is 12.2. The van der Waals surface area contributed by atoms with Crippen LogP contribution < -0.4 is 10.7 Å². The molecule has 0 aromatic heterocycles. The first-order valence-electron chi connectivity index (χ1n) is 8.73. The van der Waals surface area contributed by atoms with E-state index in [-0.39, 0.29) is 17.6 Å². The van der Waals surface area contributed by atoms with Crippen molar-refractivity contribution in [1.29, 1.82) is 0 Å². The molecule has 0 bridgehead atoms. The third-order valence-corrected chi connectivity index (χ3v) is 4.37. The molecule has 0 atom stereocenters. The number of hydrogen-bond donors (Lipinski definition) is 3. The first-order valence-corrected chi connectivity index (χ1v) is 9.11. The van der Waals surface area contributed by atoms with Crippen LogP contribution in [0.2, 0.25) is 5.02 Å². The molecule has 0 saturated carbocycles. The largest absolute Gasteiger partial charge is 0.508 e. The molecule has 6 nitrogen and oxygen atoms in total. The van der Waals surface area contributed by atoms with E-state index < -0.39 is 0 Å². The van der Waals surface area contributed by atoms with E-state index in [0.717, 1.165) is 5.56 Å². The van der Waals surface area contributed by atoms with Crippen molar-refractivity contribution in [2.75, 3.05) is 5.32 Å². The molecule has 3 aromatic carbocycles. The van der Waals surface area contributed by atoms with Crippen LogP contribution in [0.4, 0.5) is 5.69 Å². The minimum atomic E-state index is -0.379. The van der Waals surface area contributed by atoms with Gasteiger partial charge in [0.05, 0.1) is 5.71 Å². The van der Waals surface area contributed by atoms with E-state index in [1.54, 1.807) is 55.5 Å². The van der Waals surface area contributed by atoms with Crippen molar-refractivity contribution in [3.8, 4) is 5.75 Å². The van der Waals surface area contributed by atoms with Crippen LogP contribution in [0.25, 0.3) is 0 Å². The summed E-state index contributed by atoms with van der Waals surface area (Å²) in [5.74, 6) is -0.526. The SMILES string of the molecule is CC(=NNC(=O)c1ccc(O)cc1)c1ccc(NC(=O)c2ccc(Cl)cc2)cc1. The van der Waals surface area contributed by atoms with E-state index in [0.29, 0.717) is 27.5 Å². The van der Waals surface area contributed by atoms with Gasteiger partial charge in [-0.25, -0.2) is 5.43 Å². The molecular formula is C22H18ClN3O3. The standard InChI is InChI=1S/C22H18ClN3O3/c1-14(25-26-22(29)17-6-12-20(27)13-7-17)15-4-10-19(11-5-15)24-21(28)16-2-8-18(23)9-3-16/h2-13,27H,1H3,(H,24,28)(H,26,29). The fourth-order valence-electron chi connectivity index (χ4n) is 2.48. The Balaban J connectivity index is 1.62. The van der Waals surface area contributed by atoms with Crippen molar-refractivity contribution in [3.05, 3.63) is 94.5 Å². The highest BCUT2D eigenvalue weighted by Gasteiger charge is 2.07. The second kappa shape index (κ2) is 9.03. The van der Waals surface area contributed by atoms with E-state index in [2.05, 4.69) is 15.8 Å². The Labute approximate surface area is 172 Å². The van der Waals surface area contributed by atoms with Gasteiger partial charge in [-0.05, 0) is 73.2 Å². The average Bonchev–Trinajstić information content (AvgIpc) is 2.73. The number of nitrogens with zero attached hydrogens (tertiary/aromatic N) is 1. The maximum atomic E-state index is 12.2. The highest BCUT2D eigenvalue weighted by molar-refractivity contribution is 6.30. The number of anilines is 1. The topological polar surface area (TPSA) is 90.8 Å². The van der Waals surface area contributed by atoms with Gasteiger partial charge in [0.15, 0.2) is 0 Å². The number of halogens is 1. The lowest BCUT2D eigenvalue weighted by Gasteiger charge is -2.07. The van der Waals surface area contributed by atoms with Gasteiger partial charge in [-0.1, -0.05) is 23.7 Å². The monoisotopic (exact) mass is 407 g/mol. The Morgan fingerprint density at radius 2 is 1.31 bits per heavy atom. The molecule has 29 heavy (non-hydrogen) atoms. The van der Waals surface area contributed by atoms with E-state index in [1.807, 2.05) is 0 Å². The van der Waals surface area contributed by atoms with Gasteiger partial charge in [0.2, 0.25) is 0 Å². The van der Waals surface area contributed by atoms with Gasteiger partial charge in [-0.15, -0.1) is 0 Å². The molecule has 0 spiro atoms. The molecule has 7 heteroatoms. The summed E-state index contributed by atoms with van der Waals surface area (Å²) in [4.78, 5) is 24.3. The summed E-state index contributed by atoms with van der Waals surface area (Å²) in [5.41, 5.74) is 5.40. The number of phenols is 1. The van der Waals surface area contributed by atoms with Crippen LogP contribution in [0.1, 0.15) is 33.2 Å². The minimum Gasteiger partial charge on any atom is -0.508 e. The molecule has 0 aliphatic carbocycles. The van der Waals surface area contributed by atoms with Crippen molar-refractivity contribution in [2.45, 2.75) is 6.92 Å². The quantitative estimate of drug-likeness (QED) is 0.431. The summed E-state index contributed by atoms with van der Waals surface area (Å²) in [6.07, 6.45) is 0. The number of aromatic hydroxyl groups is 1. The molecule has 3 aromatic rings. The van der Waals surface area contributed by atoms with Gasteiger partial charge in [0.1, 0.15) is 5.75 Å². The molecule has 0 fully saturated rings. The molecule has 3 rings (SSSR count). The molecule has 3 N–H and O–H groups in total. The van der Waals surface area contributed by atoms with E-state index in [1.165, 1.54) is 24.3 Å². The lowest BCUT2D eigenvalue weighted by Crippen LogP contribution is -2.19. The number of nitrogens with one attached hydrogen (secondary N) is 2. The fourth-order valence-corrected chi connectivity index (χ4v) is 2.60. The Hall–Kier alpha value is -3.64. The van der Waals surface area contributed by atoms with Crippen molar-refractivity contribution < 1.29 is 14.7 Å². The van der Waals surface area contributed by atoms with Gasteiger partial charge < -0.3 is 10.4 Å². The van der Waals surface area contributed by atoms with Crippen LogP contribution in [-0.4, -0.2) is 22.6 Å². The highest BCUT2D eigenvalue weighted by Crippen LogP contribution is 2.14. The Kier molecular flexibility index (Phi) is 6.26. The normalized spacial score (nSPS) is 11.0. The molecular weight excluding hydrogens is 390 g/mol. The second-order valence-corrected chi connectivity index (χ2v) is 6.66. The van der Waals surface area contributed by atoms with Crippen molar-refractivity contribution in [3.63, 3.8) is 0 Å². The third-order valence-electron chi connectivity index (χ3n) is 4.12. The summed E-state index contributed by atoms with van der Waals surface area (Å²) in [7, 11) is 0.